The number of hydrogen-bond donors (Lipinski definition) is 2. The van der Waals surface area contributed by atoms with Gasteiger partial charge < -0.3 is 10.6 Å². The third-order valence-electron chi connectivity index (χ3n) is 7.61. The van der Waals surface area contributed by atoms with Gasteiger partial charge in [-0.25, -0.2) is 4.98 Å². The Morgan fingerprint density at radius 1 is 1.29 bits per heavy atom. The highest BCUT2D eigenvalue weighted by atomic mass is 16.1. The summed E-state index contributed by atoms with van der Waals surface area (Å²) in [5, 5.41) is 6.46. The van der Waals surface area contributed by atoms with Crippen LogP contribution in [0.4, 0.5) is 5.82 Å². The molecule has 1 aromatic heterocycles. The minimum atomic E-state index is 0.0274. The van der Waals surface area contributed by atoms with Gasteiger partial charge in [-0.3, -0.25) is 4.79 Å². The van der Waals surface area contributed by atoms with Gasteiger partial charge in [0, 0.05) is 19.3 Å². The smallest absolute Gasteiger partial charge is 0.255 e. The Balaban J connectivity index is 1.31. The molecule has 4 nitrogen and oxygen atoms in total. The lowest BCUT2D eigenvalue weighted by Crippen LogP contribution is -2.43. The molecule has 4 fully saturated rings. The van der Waals surface area contributed by atoms with Crippen LogP contribution in [0.1, 0.15) is 55.8 Å². The Hall–Kier alpha value is -1.58. The molecule has 4 aliphatic carbocycles. The summed E-state index contributed by atoms with van der Waals surface area (Å²) in [7, 11) is 0. The zero-order valence-electron chi connectivity index (χ0n) is 14.5. The first kappa shape index (κ1) is 14.7. The van der Waals surface area contributed by atoms with E-state index in [0.717, 1.165) is 30.8 Å². The van der Waals surface area contributed by atoms with Crippen LogP contribution in [0.25, 0.3) is 0 Å². The van der Waals surface area contributed by atoms with E-state index in [2.05, 4.69) is 15.6 Å². The Labute approximate surface area is 143 Å². The van der Waals surface area contributed by atoms with Gasteiger partial charge in [0.15, 0.2) is 0 Å². The van der Waals surface area contributed by atoms with E-state index in [-0.39, 0.29) is 5.91 Å². The largest absolute Gasteiger partial charge is 0.370 e. The Kier molecular flexibility index (Phi) is 3.05. The number of nitrogens with zero attached hydrogens (tertiary/aromatic N) is 1. The zero-order chi connectivity index (χ0) is 16.4. The number of aromatic nitrogens is 1. The van der Waals surface area contributed by atoms with Crippen molar-refractivity contribution in [3.8, 4) is 0 Å². The van der Waals surface area contributed by atoms with Crippen molar-refractivity contribution in [2.45, 2.75) is 45.4 Å². The number of pyridine rings is 1. The molecule has 128 valence electrons. The van der Waals surface area contributed by atoms with E-state index in [1.54, 1.807) is 6.20 Å². The van der Waals surface area contributed by atoms with Crippen molar-refractivity contribution >= 4 is 11.7 Å². The normalized spacial score (nSPS) is 41.0. The highest BCUT2D eigenvalue weighted by Crippen LogP contribution is 2.78. The Bertz CT molecular complexity index is 685. The maximum atomic E-state index is 12.7. The summed E-state index contributed by atoms with van der Waals surface area (Å²) in [4.78, 5) is 17.0. The molecular weight excluding hydrogens is 298 g/mol. The predicted octanol–water partition coefficient (Wildman–Crippen LogP) is 3.46. The van der Waals surface area contributed by atoms with Crippen LogP contribution in [0.2, 0.25) is 0 Å². The van der Waals surface area contributed by atoms with E-state index >= 15 is 0 Å². The van der Waals surface area contributed by atoms with Crippen molar-refractivity contribution < 1.29 is 4.79 Å². The molecule has 1 heterocycles. The molecule has 1 spiro atoms. The lowest BCUT2D eigenvalue weighted by atomic mass is 9.55. The third kappa shape index (κ3) is 1.91. The maximum Gasteiger partial charge on any atom is 0.255 e. The van der Waals surface area contributed by atoms with Gasteiger partial charge in [0.25, 0.3) is 5.91 Å². The van der Waals surface area contributed by atoms with E-state index < -0.39 is 0 Å². The van der Waals surface area contributed by atoms with Crippen LogP contribution in [-0.2, 0) is 0 Å². The highest BCUT2D eigenvalue weighted by molar-refractivity contribution is 5.98. The van der Waals surface area contributed by atoms with Crippen LogP contribution in [0.3, 0.4) is 0 Å². The predicted molar refractivity (Wildman–Crippen MR) is 93.8 cm³/mol. The summed E-state index contributed by atoms with van der Waals surface area (Å²) in [6.45, 7) is 3.65. The lowest BCUT2D eigenvalue weighted by molar-refractivity contribution is -0.00253. The molecule has 5 rings (SSSR count). The van der Waals surface area contributed by atoms with Crippen LogP contribution < -0.4 is 10.6 Å². The van der Waals surface area contributed by atoms with Crippen molar-refractivity contribution in [3.63, 3.8) is 0 Å². The van der Waals surface area contributed by atoms with Crippen molar-refractivity contribution in [2.75, 3.05) is 18.4 Å². The molecule has 2 N–H and O–H groups in total. The van der Waals surface area contributed by atoms with Gasteiger partial charge in [-0.05, 0) is 86.2 Å². The molecule has 4 saturated carbocycles. The molecule has 5 unspecified atom stereocenters. The number of fused-ring (bicyclic) bond motifs is 2. The van der Waals surface area contributed by atoms with Gasteiger partial charge in [-0.2, -0.15) is 0 Å². The van der Waals surface area contributed by atoms with Crippen LogP contribution >= 0.6 is 0 Å². The van der Waals surface area contributed by atoms with E-state index in [0.29, 0.717) is 22.2 Å². The van der Waals surface area contributed by atoms with E-state index in [9.17, 15) is 4.79 Å². The summed E-state index contributed by atoms with van der Waals surface area (Å²) < 4.78 is 0. The molecule has 0 radical (unpaired) electrons. The van der Waals surface area contributed by atoms with Gasteiger partial charge in [-0.1, -0.05) is 0 Å². The number of anilines is 1. The van der Waals surface area contributed by atoms with Gasteiger partial charge in [0.2, 0.25) is 0 Å². The van der Waals surface area contributed by atoms with Crippen molar-refractivity contribution in [1.29, 1.82) is 0 Å². The summed E-state index contributed by atoms with van der Waals surface area (Å²) in [6.07, 6.45) is 10.2. The summed E-state index contributed by atoms with van der Waals surface area (Å²) in [5.41, 5.74) is 1.75. The Morgan fingerprint density at radius 2 is 2.21 bits per heavy atom. The topological polar surface area (TPSA) is 54.0 Å². The van der Waals surface area contributed by atoms with Gasteiger partial charge in [0.1, 0.15) is 5.82 Å². The molecule has 0 saturated heterocycles. The first-order valence-corrected chi connectivity index (χ1v) is 9.61. The molecule has 0 aromatic carbocycles. The van der Waals surface area contributed by atoms with E-state index in [1.165, 1.54) is 38.5 Å². The SMILES string of the molecule is CCNc1ncccc1C(=O)NCC12CC3CC4CC(C1)C4(C3)C2. The number of carbonyl (C=O) groups is 1. The number of amides is 1. The van der Waals surface area contributed by atoms with Crippen molar-refractivity contribution in [3.05, 3.63) is 23.9 Å². The van der Waals surface area contributed by atoms with Crippen LogP contribution in [-0.4, -0.2) is 24.0 Å². The highest BCUT2D eigenvalue weighted by Gasteiger charge is 2.70. The maximum absolute atomic E-state index is 12.7. The van der Waals surface area contributed by atoms with Crippen LogP contribution in [0, 0.1) is 28.6 Å². The van der Waals surface area contributed by atoms with E-state index in [4.69, 9.17) is 0 Å². The van der Waals surface area contributed by atoms with Gasteiger partial charge in [-0.15, -0.1) is 0 Å². The van der Waals surface area contributed by atoms with Crippen LogP contribution in [0.5, 0.6) is 0 Å². The molecule has 24 heavy (non-hydrogen) atoms. The monoisotopic (exact) mass is 325 g/mol. The van der Waals surface area contributed by atoms with Crippen LogP contribution in [0.15, 0.2) is 18.3 Å². The average Bonchev–Trinajstić information content (AvgIpc) is 2.89. The Morgan fingerprint density at radius 3 is 3.08 bits per heavy atom. The first-order valence-electron chi connectivity index (χ1n) is 9.61. The quantitative estimate of drug-likeness (QED) is 0.872. The molecule has 1 amide bonds. The fraction of sp³-hybridized carbons (Fsp3) is 0.700. The van der Waals surface area contributed by atoms with Crippen molar-refractivity contribution in [1.82, 2.24) is 10.3 Å². The van der Waals surface area contributed by atoms with Crippen molar-refractivity contribution in [2.24, 2.45) is 28.6 Å². The molecule has 4 heteroatoms. The molecule has 0 aliphatic heterocycles. The number of carbonyl (C=O) groups excluding carboxylic acids is 1. The fourth-order valence-corrected chi connectivity index (χ4v) is 7.00. The number of hydrogen-bond acceptors (Lipinski definition) is 3. The zero-order valence-corrected chi connectivity index (χ0v) is 14.5. The minimum absolute atomic E-state index is 0.0274. The molecule has 1 aromatic rings. The summed E-state index contributed by atoms with van der Waals surface area (Å²) >= 11 is 0. The lowest BCUT2D eigenvalue weighted by Gasteiger charge is -2.49. The second-order valence-corrected chi connectivity index (χ2v) is 8.87. The average molecular weight is 325 g/mol. The van der Waals surface area contributed by atoms with Gasteiger partial charge in [0.05, 0.1) is 5.56 Å². The summed E-state index contributed by atoms with van der Waals surface area (Å²) in [6, 6.07) is 3.71. The summed E-state index contributed by atoms with van der Waals surface area (Å²) in [5.74, 6) is 3.64. The van der Waals surface area contributed by atoms with Gasteiger partial charge >= 0.3 is 0 Å². The first-order chi connectivity index (χ1) is 11.6. The second-order valence-electron chi connectivity index (χ2n) is 8.87. The number of nitrogens with one attached hydrogen (secondary N) is 2. The van der Waals surface area contributed by atoms with E-state index in [1.807, 2.05) is 19.1 Å². The number of rotatable bonds is 5. The minimum Gasteiger partial charge on any atom is -0.370 e. The molecule has 3 bridgehead atoms. The second kappa shape index (κ2) is 4.96. The molecular formula is C20H27N3O. The fourth-order valence-electron chi connectivity index (χ4n) is 7.00. The third-order valence-corrected chi connectivity index (χ3v) is 7.61. The molecule has 5 atom stereocenters. The standard InChI is InChI=1S/C20H27N3O/c1-2-21-17-16(4-3-5-22-17)18(24)23-12-19-8-13-6-14-7-15(10-19)20(14,9-13)11-19/h3-5,13-15H,2,6-12H2,1H3,(H,21,22)(H,23,24). The molecule has 4 aliphatic rings.